The number of carbonyl (C=O) groups is 3. The molecule has 1 unspecified atom stereocenters. The average molecular weight is 448 g/mol. The van der Waals surface area contributed by atoms with Crippen molar-refractivity contribution in [1.29, 1.82) is 0 Å². The highest BCUT2D eigenvalue weighted by Gasteiger charge is 2.27. The number of nitrogens with one attached hydrogen (secondary N) is 2. The number of hydrogen-bond donors (Lipinski definition) is 2. The molecule has 0 saturated carbocycles. The number of rotatable bonds is 6. The van der Waals surface area contributed by atoms with Gasteiger partial charge < -0.3 is 15.5 Å². The first-order chi connectivity index (χ1) is 14.3. The summed E-state index contributed by atoms with van der Waals surface area (Å²) in [5.74, 6) is -0.911. The molecule has 0 aliphatic carbocycles. The second-order valence-corrected chi connectivity index (χ2v) is 8.29. The Labute approximate surface area is 185 Å². The first kappa shape index (κ1) is 22.1. The first-order valence-electron chi connectivity index (χ1n) is 9.74. The molecule has 6 nitrogen and oxygen atoms in total. The molecule has 2 aromatic carbocycles. The van der Waals surface area contributed by atoms with Crippen LogP contribution in [0.2, 0.25) is 10.0 Å². The van der Waals surface area contributed by atoms with Gasteiger partial charge in [0, 0.05) is 18.7 Å². The van der Waals surface area contributed by atoms with Gasteiger partial charge in [0.15, 0.2) is 0 Å². The van der Waals surface area contributed by atoms with Gasteiger partial charge in [-0.2, -0.15) is 0 Å². The Balaban J connectivity index is 1.72. The molecule has 2 N–H and O–H groups in total. The topological polar surface area (TPSA) is 78.5 Å². The molecule has 3 amide bonds. The second kappa shape index (κ2) is 9.49. The van der Waals surface area contributed by atoms with Crippen LogP contribution in [0.25, 0.3) is 0 Å². The van der Waals surface area contributed by atoms with Gasteiger partial charge in [0.05, 0.1) is 21.3 Å². The molecule has 3 rings (SSSR count). The molecule has 1 saturated heterocycles. The van der Waals surface area contributed by atoms with Gasteiger partial charge in [-0.25, -0.2) is 0 Å². The van der Waals surface area contributed by atoms with Crippen LogP contribution in [-0.4, -0.2) is 30.3 Å². The van der Waals surface area contributed by atoms with Crippen molar-refractivity contribution < 1.29 is 14.4 Å². The lowest BCUT2D eigenvalue weighted by molar-refractivity contribution is -0.119. The van der Waals surface area contributed by atoms with Crippen LogP contribution in [0.3, 0.4) is 0 Å². The minimum atomic E-state index is -0.771. The zero-order chi connectivity index (χ0) is 21.8. The van der Waals surface area contributed by atoms with Gasteiger partial charge in [-0.3, -0.25) is 14.4 Å². The van der Waals surface area contributed by atoms with Gasteiger partial charge in [0.25, 0.3) is 5.91 Å². The fourth-order valence-corrected chi connectivity index (χ4v) is 3.83. The quantitative estimate of drug-likeness (QED) is 0.683. The molecule has 158 valence electrons. The van der Waals surface area contributed by atoms with E-state index < -0.39 is 11.9 Å². The predicted molar refractivity (Wildman–Crippen MR) is 119 cm³/mol. The Kier molecular flexibility index (Phi) is 7.00. The Morgan fingerprint density at radius 1 is 1.07 bits per heavy atom. The molecule has 1 aliphatic rings. The second-order valence-electron chi connectivity index (χ2n) is 7.48. The highest BCUT2D eigenvalue weighted by atomic mass is 35.5. The third-order valence-electron chi connectivity index (χ3n) is 4.93. The number of halogens is 2. The molecule has 0 spiro atoms. The van der Waals surface area contributed by atoms with E-state index in [4.69, 9.17) is 23.2 Å². The summed E-state index contributed by atoms with van der Waals surface area (Å²) in [5, 5.41) is 6.23. The van der Waals surface area contributed by atoms with Gasteiger partial charge in [0.2, 0.25) is 11.8 Å². The van der Waals surface area contributed by atoms with Crippen molar-refractivity contribution in [1.82, 2.24) is 5.32 Å². The van der Waals surface area contributed by atoms with Gasteiger partial charge in [-0.05, 0) is 42.7 Å². The summed E-state index contributed by atoms with van der Waals surface area (Å²) < 4.78 is 0. The summed E-state index contributed by atoms with van der Waals surface area (Å²) >= 11 is 12.4. The van der Waals surface area contributed by atoms with E-state index in [1.54, 1.807) is 47.4 Å². The lowest BCUT2D eigenvalue weighted by Crippen LogP contribution is -2.47. The van der Waals surface area contributed by atoms with E-state index in [2.05, 4.69) is 10.6 Å². The Morgan fingerprint density at radius 2 is 1.80 bits per heavy atom. The maximum absolute atomic E-state index is 12.8. The average Bonchev–Trinajstić information content (AvgIpc) is 3.11. The van der Waals surface area contributed by atoms with Crippen molar-refractivity contribution in [2.75, 3.05) is 16.8 Å². The van der Waals surface area contributed by atoms with Crippen LogP contribution >= 0.6 is 23.2 Å². The first-order valence-corrected chi connectivity index (χ1v) is 10.5. The molecule has 0 aromatic heterocycles. The smallest absolute Gasteiger partial charge is 0.253 e. The van der Waals surface area contributed by atoms with Crippen LogP contribution in [0.1, 0.15) is 37.0 Å². The normalized spacial score (nSPS) is 14.7. The van der Waals surface area contributed by atoms with Crippen LogP contribution in [0.15, 0.2) is 42.5 Å². The summed E-state index contributed by atoms with van der Waals surface area (Å²) in [4.78, 5) is 39.0. The Hall–Kier alpha value is -2.57. The Bertz CT molecular complexity index is 978. The lowest BCUT2D eigenvalue weighted by atomic mass is 10.0. The molecule has 1 aliphatic heterocycles. The monoisotopic (exact) mass is 447 g/mol. The summed E-state index contributed by atoms with van der Waals surface area (Å²) in [7, 11) is 0. The maximum Gasteiger partial charge on any atom is 0.253 e. The van der Waals surface area contributed by atoms with E-state index >= 15 is 0 Å². The van der Waals surface area contributed by atoms with E-state index in [0.29, 0.717) is 39.9 Å². The number of carbonyl (C=O) groups excluding carboxylic acids is 3. The maximum atomic E-state index is 12.8. The molecule has 2 aromatic rings. The van der Waals surface area contributed by atoms with Gasteiger partial charge in [-0.15, -0.1) is 0 Å². The SMILES string of the molecule is CC(C)C(NC(=O)c1ccccc1Cl)C(=O)Nc1ccc(N2CCCC2=O)c(Cl)c1. The summed E-state index contributed by atoms with van der Waals surface area (Å²) in [6.45, 7) is 4.31. The lowest BCUT2D eigenvalue weighted by Gasteiger charge is -2.23. The van der Waals surface area contributed by atoms with Gasteiger partial charge in [0.1, 0.15) is 6.04 Å². The number of nitrogens with zero attached hydrogens (tertiary/aromatic N) is 1. The van der Waals surface area contributed by atoms with Crippen LogP contribution in [0.4, 0.5) is 11.4 Å². The molecule has 1 fully saturated rings. The highest BCUT2D eigenvalue weighted by molar-refractivity contribution is 6.34. The largest absolute Gasteiger partial charge is 0.340 e. The van der Waals surface area contributed by atoms with Crippen molar-refractivity contribution in [3.05, 3.63) is 58.1 Å². The molecular formula is C22H23Cl2N3O3. The molecule has 0 radical (unpaired) electrons. The van der Waals surface area contributed by atoms with Crippen LogP contribution in [-0.2, 0) is 9.59 Å². The van der Waals surface area contributed by atoms with E-state index in [1.165, 1.54) is 0 Å². The van der Waals surface area contributed by atoms with Crippen LogP contribution in [0.5, 0.6) is 0 Å². The van der Waals surface area contributed by atoms with E-state index in [1.807, 2.05) is 13.8 Å². The van der Waals surface area contributed by atoms with Crippen LogP contribution in [0, 0.1) is 5.92 Å². The molecule has 8 heteroatoms. The minimum absolute atomic E-state index is 0.0378. The minimum Gasteiger partial charge on any atom is -0.340 e. The van der Waals surface area contributed by atoms with Crippen molar-refractivity contribution in [3.63, 3.8) is 0 Å². The molecule has 30 heavy (non-hydrogen) atoms. The van der Waals surface area contributed by atoms with Gasteiger partial charge in [-0.1, -0.05) is 49.2 Å². The predicted octanol–water partition coefficient (Wildman–Crippen LogP) is 4.51. The van der Waals surface area contributed by atoms with E-state index in [-0.39, 0.29) is 17.7 Å². The van der Waals surface area contributed by atoms with Crippen molar-refractivity contribution in [2.24, 2.45) is 5.92 Å². The summed E-state index contributed by atoms with van der Waals surface area (Å²) in [6, 6.07) is 10.9. The number of anilines is 2. The molecule has 0 bridgehead atoms. The Morgan fingerprint density at radius 3 is 2.40 bits per heavy atom. The summed E-state index contributed by atoms with van der Waals surface area (Å²) in [5.41, 5.74) is 1.42. The van der Waals surface area contributed by atoms with Gasteiger partial charge >= 0.3 is 0 Å². The van der Waals surface area contributed by atoms with E-state index in [0.717, 1.165) is 6.42 Å². The fraction of sp³-hybridized carbons (Fsp3) is 0.318. The highest BCUT2D eigenvalue weighted by Crippen LogP contribution is 2.31. The van der Waals surface area contributed by atoms with Crippen molar-refractivity contribution >= 4 is 52.3 Å². The van der Waals surface area contributed by atoms with E-state index in [9.17, 15) is 14.4 Å². The van der Waals surface area contributed by atoms with Crippen molar-refractivity contribution in [2.45, 2.75) is 32.7 Å². The molecular weight excluding hydrogens is 425 g/mol. The number of hydrogen-bond acceptors (Lipinski definition) is 3. The zero-order valence-corrected chi connectivity index (χ0v) is 18.3. The van der Waals surface area contributed by atoms with Crippen LogP contribution < -0.4 is 15.5 Å². The third-order valence-corrected chi connectivity index (χ3v) is 5.57. The fourth-order valence-electron chi connectivity index (χ4n) is 3.33. The third kappa shape index (κ3) is 4.94. The summed E-state index contributed by atoms with van der Waals surface area (Å²) in [6.07, 6.45) is 1.31. The zero-order valence-electron chi connectivity index (χ0n) is 16.7. The number of benzene rings is 2. The van der Waals surface area contributed by atoms with Crippen molar-refractivity contribution in [3.8, 4) is 0 Å². The number of amides is 3. The molecule has 1 atom stereocenters. The standard InChI is InChI=1S/C22H23Cl2N3O3/c1-13(2)20(26-21(29)15-6-3-4-7-16(15)23)22(30)25-14-9-10-18(17(24)12-14)27-11-5-8-19(27)28/h3-4,6-7,9-10,12-13,20H,5,8,11H2,1-2H3,(H,25,30)(H,26,29). The molecule has 1 heterocycles.